The number of aryl methyl sites for hydroxylation is 1. The van der Waals surface area contributed by atoms with E-state index in [4.69, 9.17) is 9.72 Å². The second-order valence-corrected chi connectivity index (χ2v) is 11.6. The van der Waals surface area contributed by atoms with Gasteiger partial charge in [0.25, 0.3) is 0 Å². The number of hydrogen-bond donors (Lipinski definition) is 1. The predicted octanol–water partition coefficient (Wildman–Crippen LogP) is 4.40. The van der Waals surface area contributed by atoms with Gasteiger partial charge in [0.05, 0.1) is 18.6 Å². The lowest BCUT2D eigenvalue weighted by molar-refractivity contribution is -0.117. The number of nitrogens with zero attached hydrogens (tertiary/aromatic N) is 2. The lowest BCUT2D eigenvalue weighted by atomic mass is 10.0. The van der Waals surface area contributed by atoms with Gasteiger partial charge in [-0.05, 0) is 47.4 Å². The number of fused-ring (bicyclic) bond motifs is 2. The molecule has 0 fully saturated rings. The third-order valence-electron chi connectivity index (χ3n) is 5.23. The first-order chi connectivity index (χ1) is 15.8. The molecule has 0 saturated heterocycles. The maximum Gasteiger partial charge on any atom is 0.234 e. The van der Waals surface area contributed by atoms with Crippen molar-refractivity contribution in [1.29, 1.82) is 0 Å². The number of nitrogens with one attached hydrogen (secondary N) is 1. The summed E-state index contributed by atoms with van der Waals surface area (Å²) in [6, 6.07) is 10.1. The minimum Gasteiger partial charge on any atom is -0.497 e. The number of methoxy groups -OCH3 is 1. The molecule has 1 N–H and O–H groups in total. The number of amides is 1. The van der Waals surface area contributed by atoms with Crippen LogP contribution in [0.4, 0.5) is 0 Å². The van der Waals surface area contributed by atoms with Crippen LogP contribution in [0.2, 0.25) is 0 Å². The molecule has 1 aromatic carbocycles. The van der Waals surface area contributed by atoms with Crippen LogP contribution in [-0.4, -0.2) is 42.3 Å². The van der Waals surface area contributed by atoms with E-state index in [-0.39, 0.29) is 5.75 Å². The summed E-state index contributed by atoms with van der Waals surface area (Å²) in [6.07, 6.45) is 3.08. The van der Waals surface area contributed by atoms with Crippen LogP contribution in [-0.2, 0) is 21.2 Å². The van der Waals surface area contributed by atoms with Crippen LogP contribution in [0.5, 0.6) is 5.75 Å². The van der Waals surface area contributed by atoms with Crippen molar-refractivity contribution >= 4 is 54.8 Å². The molecule has 4 rings (SSSR count). The molecule has 0 bridgehead atoms. The zero-order chi connectivity index (χ0) is 23.6. The number of imidazole rings is 1. The van der Waals surface area contributed by atoms with Crippen molar-refractivity contribution in [2.24, 2.45) is 0 Å². The number of sulfonamides is 1. The van der Waals surface area contributed by atoms with Crippen LogP contribution in [0.3, 0.4) is 0 Å². The van der Waals surface area contributed by atoms with E-state index in [0.717, 1.165) is 22.1 Å². The van der Waals surface area contributed by atoms with E-state index < -0.39 is 15.9 Å². The van der Waals surface area contributed by atoms with Crippen LogP contribution in [0, 0.1) is 6.92 Å². The normalized spacial score (nSPS) is 11.8. The summed E-state index contributed by atoms with van der Waals surface area (Å²) in [5, 5.41) is 4.35. The van der Waals surface area contributed by atoms with E-state index >= 15 is 0 Å². The van der Waals surface area contributed by atoms with Crippen molar-refractivity contribution in [3.05, 3.63) is 58.7 Å². The summed E-state index contributed by atoms with van der Waals surface area (Å²) in [5.41, 5.74) is 4.34. The third-order valence-corrected chi connectivity index (χ3v) is 8.75. The highest BCUT2D eigenvalue weighted by molar-refractivity contribution is 7.99. The number of aromatic nitrogens is 2. The van der Waals surface area contributed by atoms with Gasteiger partial charge in [0.1, 0.15) is 16.4 Å². The van der Waals surface area contributed by atoms with Crippen LogP contribution < -0.4 is 9.46 Å². The van der Waals surface area contributed by atoms with E-state index in [1.807, 2.05) is 23.1 Å². The molecular formula is C23H25N3O4S3. The highest BCUT2D eigenvalue weighted by atomic mass is 32.2. The summed E-state index contributed by atoms with van der Waals surface area (Å²) in [7, 11) is -1.98. The Morgan fingerprint density at radius 1 is 1.30 bits per heavy atom. The van der Waals surface area contributed by atoms with Crippen LogP contribution in [0.15, 0.2) is 46.9 Å². The first-order valence-electron chi connectivity index (χ1n) is 10.4. The Hall–Kier alpha value is -2.56. The number of pyridine rings is 1. The van der Waals surface area contributed by atoms with E-state index in [0.29, 0.717) is 18.6 Å². The van der Waals surface area contributed by atoms with Gasteiger partial charge in [-0.1, -0.05) is 12.1 Å². The molecule has 0 aliphatic carbocycles. The molecule has 0 aliphatic rings. The number of thiophene rings is 1. The topological polar surface area (TPSA) is 89.8 Å². The van der Waals surface area contributed by atoms with Gasteiger partial charge < -0.3 is 9.14 Å². The molecular weight excluding hydrogens is 478 g/mol. The number of carbonyl (C=O) groups excluding carboxylic acids is 1. The van der Waals surface area contributed by atoms with E-state index in [9.17, 15) is 13.2 Å². The molecule has 0 spiro atoms. The molecule has 0 atom stereocenters. The molecule has 0 unspecified atom stereocenters. The van der Waals surface area contributed by atoms with Gasteiger partial charge >= 0.3 is 0 Å². The van der Waals surface area contributed by atoms with E-state index in [1.54, 1.807) is 18.4 Å². The summed E-state index contributed by atoms with van der Waals surface area (Å²) in [6.45, 7) is 3.32. The number of thioether (sulfide) groups is 1. The van der Waals surface area contributed by atoms with Crippen molar-refractivity contribution in [2.75, 3.05) is 18.6 Å². The largest absolute Gasteiger partial charge is 0.497 e. The molecule has 10 heteroatoms. The third kappa shape index (κ3) is 5.34. The number of carbonyl (C=O) groups is 1. The predicted molar refractivity (Wildman–Crippen MR) is 134 cm³/mol. The number of rotatable bonds is 9. The molecule has 1 amide bonds. The molecule has 3 heterocycles. The molecule has 0 saturated carbocycles. The van der Waals surface area contributed by atoms with Gasteiger partial charge in [-0.2, -0.15) is 0 Å². The highest BCUT2D eigenvalue weighted by Crippen LogP contribution is 2.33. The summed E-state index contributed by atoms with van der Waals surface area (Å²) >= 11 is 3.27. The minimum absolute atomic E-state index is 0.107. The molecule has 174 valence electrons. The van der Waals surface area contributed by atoms with Crippen molar-refractivity contribution in [1.82, 2.24) is 14.1 Å². The number of hydrogen-bond acceptors (Lipinski definition) is 7. The quantitative estimate of drug-likeness (QED) is 0.269. The smallest absolute Gasteiger partial charge is 0.234 e. The van der Waals surface area contributed by atoms with Crippen molar-refractivity contribution in [2.45, 2.75) is 31.7 Å². The van der Waals surface area contributed by atoms with E-state index in [1.165, 1.54) is 39.9 Å². The van der Waals surface area contributed by atoms with Gasteiger partial charge in [-0.15, -0.1) is 23.1 Å². The van der Waals surface area contributed by atoms with Crippen LogP contribution in [0.1, 0.15) is 30.2 Å². The lowest BCUT2D eigenvalue weighted by Crippen LogP contribution is -2.30. The lowest BCUT2D eigenvalue weighted by Gasteiger charge is -2.07. The zero-order valence-electron chi connectivity index (χ0n) is 18.6. The Bertz CT molecular complexity index is 1420. The Morgan fingerprint density at radius 2 is 2.12 bits per heavy atom. The fourth-order valence-electron chi connectivity index (χ4n) is 3.80. The average Bonchev–Trinajstić information content (AvgIpc) is 3.32. The molecule has 4 aromatic rings. The SMILES string of the molecule is COc1ccn2c(Cc3csc4cccc(C)c34)c(SCCCS(=O)(=O)NC(C)=O)nc2c1. The van der Waals surface area contributed by atoms with E-state index in [2.05, 4.69) is 34.9 Å². The Labute approximate surface area is 201 Å². The van der Waals surface area contributed by atoms with Gasteiger partial charge in [0.2, 0.25) is 15.9 Å². The maximum absolute atomic E-state index is 11.9. The Balaban J connectivity index is 1.61. The molecule has 7 nitrogen and oxygen atoms in total. The first kappa shape index (κ1) is 23.6. The fraction of sp³-hybridized carbons (Fsp3) is 0.304. The van der Waals surface area contributed by atoms with Gasteiger partial charge in [0, 0.05) is 36.1 Å². The standard InChI is InChI=1S/C23H25N3O4S3/c1-15-6-4-7-20-22(15)17(14-32-20)12-19-23(24-21-13-18(30-3)8-9-26(19)21)31-10-5-11-33(28,29)25-16(2)27/h4,6-9,13-14H,5,10-12H2,1-3H3,(H,25,27). The number of benzene rings is 1. The fourth-order valence-corrected chi connectivity index (χ4v) is 7.06. The molecule has 0 radical (unpaired) electrons. The second-order valence-electron chi connectivity index (χ2n) is 7.72. The van der Waals surface area contributed by atoms with Gasteiger partial charge in [0.15, 0.2) is 0 Å². The van der Waals surface area contributed by atoms with Gasteiger partial charge in [-0.3, -0.25) is 9.52 Å². The Kier molecular flexibility index (Phi) is 6.96. The van der Waals surface area contributed by atoms with Crippen LogP contribution >= 0.6 is 23.1 Å². The van der Waals surface area contributed by atoms with Crippen molar-refractivity contribution in [3.63, 3.8) is 0 Å². The highest BCUT2D eigenvalue weighted by Gasteiger charge is 2.18. The summed E-state index contributed by atoms with van der Waals surface area (Å²) in [4.78, 5) is 15.9. The Morgan fingerprint density at radius 3 is 2.88 bits per heavy atom. The first-order valence-corrected chi connectivity index (χ1v) is 13.9. The maximum atomic E-state index is 11.9. The van der Waals surface area contributed by atoms with Gasteiger partial charge in [-0.25, -0.2) is 13.4 Å². The molecule has 3 aromatic heterocycles. The molecule has 33 heavy (non-hydrogen) atoms. The second kappa shape index (κ2) is 9.74. The molecule has 0 aliphatic heterocycles. The van der Waals surface area contributed by atoms with Crippen molar-refractivity contribution < 1.29 is 17.9 Å². The average molecular weight is 504 g/mol. The summed E-state index contributed by atoms with van der Waals surface area (Å²) in [5.74, 6) is 0.618. The summed E-state index contributed by atoms with van der Waals surface area (Å²) < 4.78 is 34.5. The van der Waals surface area contributed by atoms with Crippen LogP contribution in [0.25, 0.3) is 15.7 Å². The zero-order valence-corrected chi connectivity index (χ0v) is 21.1. The monoisotopic (exact) mass is 503 g/mol. The minimum atomic E-state index is -3.60. The number of ether oxygens (including phenoxy) is 1. The van der Waals surface area contributed by atoms with Crippen molar-refractivity contribution in [3.8, 4) is 5.75 Å².